The lowest BCUT2D eigenvalue weighted by molar-refractivity contribution is 0.0621. The molecule has 1 aromatic carbocycles. The molecule has 0 spiro atoms. The Morgan fingerprint density at radius 1 is 1.03 bits per heavy atom. The van der Waals surface area contributed by atoms with Crippen molar-refractivity contribution >= 4 is 21.8 Å². The summed E-state index contributed by atoms with van der Waals surface area (Å²) in [7, 11) is 0. The molecule has 0 radical (unpaired) electrons. The number of nitrogens with zero attached hydrogens (tertiary/aromatic N) is 6. The van der Waals surface area contributed by atoms with Crippen molar-refractivity contribution < 1.29 is 4.79 Å². The van der Waals surface area contributed by atoms with Crippen LogP contribution in [0.5, 0.6) is 0 Å². The summed E-state index contributed by atoms with van der Waals surface area (Å²) >= 11 is 3.54. The molecule has 152 valence electrons. The van der Waals surface area contributed by atoms with Gasteiger partial charge in [-0.25, -0.2) is 4.68 Å². The molecule has 2 aromatic heterocycles. The highest BCUT2D eigenvalue weighted by molar-refractivity contribution is 9.10. The monoisotopic (exact) mass is 456 g/mol. The summed E-state index contributed by atoms with van der Waals surface area (Å²) in [6.45, 7) is 8.58. The van der Waals surface area contributed by atoms with Crippen LogP contribution in [-0.4, -0.2) is 61.4 Å². The summed E-state index contributed by atoms with van der Waals surface area (Å²) in [5, 5.41) is 8.98. The maximum atomic E-state index is 12.9. The molecule has 0 N–H and O–H groups in total. The normalized spacial score (nSPS) is 15.1. The van der Waals surface area contributed by atoms with Crippen LogP contribution in [0.2, 0.25) is 0 Å². The first-order valence-electron chi connectivity index (χ1n) is 9.80. The maximum absolute atomic E-state index is 12.9. The molecule has 0 atom stereocenters. The summed E-state index contributed by atoms with van der Waals surface area (Å²) in [6, 6.07) is 12.2. The molecule has 1 aliphatic heterocycles. The van der Waals surface area contributed by atoms with Gasteiger partial charge in [-0.15, -0.1) is 0 Å². The third-order valence-electron chi connectivity index (χ3n) is 5.34. The van der Waals surface area contributed by atoms with Gasteiger partial charge in [-0.1, -0.05) is 30.3 Å². The fraction of sp³-hybridized carbons (Fsp3) is 0.381. The number of amides is 1. The lowest BCUT2D eigenvalue weighted by Crippen LogP contribution is -2.48. The number of halogens is 1. The number of benzene rings is 1. The fourth-order valence-electron chi connectivity index (χ4n) is 3.62. The summed E-state index contributed by atoms with van der Waals surface area (Å²) in [5.41, 5.74) is 3.78. The summed E-state index contributed by atoms with van der Waals surface area (Å²) in [4.78, 5) is 17.1. The number of aryl methyl sites for hydroxylation is 1. The van der Waals surface area contributed by atoms with E-state index in [-0.39, 0.29) is 5.91 Å². The zero-order chi connectivity index (χ0) is 20.4. The van der Waals surface area contributed by atoms with E-state index in [2.05, 4.69) is 55.3 Å². The second-order valence-electron chi connectivity index (χ2n) is 7.42. The quantitative estimate of drug-likeness (QED) is 0.591. The smallest absolute Gasteiger partial charge is 0.274 e. The van der Waals surface area contributed by atoms with Gasteiger partial charge in [0.25, 0.3) is 5.91 Å². The van der Waals surface area contributed by atoms with E-state index in [0.29, 0.717) is 12.4 Å². The van der Waals surface area contributed by atoms with Crippen LogP contribution in [0.3, 0.4) is 0 Å². The van der Waals surface area contributed by atoms with Crippen LogP contribution in [0.15, 0.2) is 47.1 Å². The van der Waals surface area contributed by atoms with Crippen molar-refractivity contribution in [3.05, 3.63) is 69.7 Å². The SMILES string of the molecule is Cc1nn(Cn2ccc(C(=O)N3CCN(Cc4ccccc4)CC3)n2)c(C)c1Br. The van der Waals surface area contributed by atoms with Crippen LogP contribution in [0.4, 0.5) is 0 Å². The summed E-state index contributed by atoms with van der Waals surface area (Å²) in [6.07, 6.45) is 1.84. The molecule has 0 saturated carbocycles. The van der Waals surface area contributed by atoms with Crippen molar-refractivity contribution in [3.63, 3.8) is 0 Å². The van der Waals surface area contributed by atoms with Gasteiger partial charge in [-0.05, 0) is 41.4 Å². The second-order valence-corrected chi connectivity index (χ2v) is 8.21. The Bertz CT molecular complexity index is 988. The maximum Gasteiger partial charge on any atom is 0.274 e. The van der Waals surface area contributed by atoms with Crippen LogP contribution >= 0.6 is 15.9 Å². The van der Waals surface area contributed by atoms with E-state index in [1.807, 2.05) is 35.7 Å². The first-order valence-corrected chi connectivity index (χ1v) is 10.6. The largest absolute Gasteiger partial charge is 0.335 e. The Hall–Kier alpha value is -2.45. The third kappa shape index (κ3) is 4.43. The Balaban J connectivity index is 1.34. The molecule has 3 aromatic rings. The van der Waals surface area contributed by atoms with E-state index in [1.165, 1.54) is 5.56 Å². The first kappa shape index (κ1) is 19.8. The van der Waals surface area contributed by atoms with Crippen molar-refractivity contribution in [2.45, 2.75) is 27.1 Å². The molecule has 8 heteroatoms. The Morgan fingerprint density at radius 3 is 2.41 bits per heavy atom. The molecule has 1 fully saturated rings. The molecule has 1 amide bonds. The lowest BCUT2D eigenvalue weighted by atomic mass is 10.2. The van der Waals surface area contributed by atoms with Gasteiger partial charge in [-0.2, -0.15) is 10.2 Å². The first-order chi connectivity index (χ1) is 14.0. The number of aromatic nitrogens is 4. The van der Waals surface area contributed by atoms with Crippen molar-refractivity contribution in [1.82, 2.24) is 29.4 Å². The van der Waals surface area contributed by atoms with E-state index >= 15 is 0 Å². The number of piperazine rings is 1. The predicted molar refractivity (Wildman–Crippen MR) is 115 cm³/mol. The Morgan fingerprint density at radius 2 is 1.76 bits per heavy atom. The number of carbonyl (C=O) groups excluding carboxylic acids is 1. The lowest BCUT2D eigenvalue weighted by Gasteiger charge is -2.34. The summed E-state index contributed by atoms with van der Waals surface area (Å²) in [5.74, 6) is -0.00217. The van der Waals surface area contributed by atoms with Gasteiger partial charge in [0.1, 0.15) is 12.4 Å². The average Bonchev–Trinajstić information content (AvgIpc) is 3.30. The highest BCUT2D eigenvalue weighted by atomic mass is 79.9. The second kappa shape index (κ2) is 8.51. The van der Waals surface area contributed by atoms with Crippen LogP contribution in [0.1, 0.15) is 27.4 Å². The highest BCUT2D eigenvalue weighted by Gasteiger charge is 2.23. The molecule has 0 aliphatic carbocycles. The van der Waals surface area contributed by atoms with Crippen molar-refractivity contribution in [1.29, 1.82) is 0 Å². The molecule has 3 heterocycles. The van der Waals surface area contributed by atoms with Gasteiger partial charge >= 0.3 is 0 Å². The average molecular weight is 457 g/mol. The number of carbonyl (C=O) groups is 1. The molecular formula is C21H25BrN6O. The van der Waals surface area contributed by atoms with Gasteiger partial charge in [0.05, 0.1) is 15.9 Å². The van der Waals surface area contributed by atoms with Gasteiger partial charge in [0, 0.05) is 38.9 Å². The minimum atomic E-state index is -0.00217. The van der Waals surface area contributed by atoms with Gasteiger partial charge in [0.2, 0.25) is 0 Å². The predicted octanol–water partition coefficient (Wildman–Crippen LogP) is 2.92. The fourth-order valence-corrected chi connectivity index (χ4v) is 3.90. The molecular weight excluding hydrogens is 432 g/mol. The molecule has 1 saturated heterocycles. The molecule has 0 bridgehead atoms. The zero-order valence-electron chi connectivity index (χ0n) is 16.8. The Kier molecular flexibility index (Phi) is 5.82. The Labute approximate surface area is 179 Å². The molecule has 4 rings (SSSR count). The minimum Gasteiger partial charge on any atom is -0.335 e. The number of hydrogen-bond acceptors (Lipinski definition) is 4. The van der Waals surface area contributed by atoms with E-state index < -0.39 is 0 Å². The molecule has 1 aliphatic rings. The molecule has 29 heavy (non-hydrogen) atoms. The number of hydrogen-bond donors (Lipinski definition) is 0. The third-order valence-corrected chi connectivity index (χ3v) is 6.49. The summed E-state index contributed by atoms with van der Waals surface area (Å²) < 4.78 is 4.64. The van der Waals surface area contributed by atoms with Crippen molar-refractivity contribution in [2.24, 2.45) is 0 Å². The van der Waals surface area contributed by atoms with Gasteiger partial charge < -0.3 is 4.90 Å². The molecule has 7 nitrogen and oxygen atoms in total. The standard InChI is InChI=1S/C21H25BrN6O/c1-16-20(22)17(2)28(23-16)15-27-9-8-19(24-27)21(29)26-12-10-25(11-13-26)14-18-6-4-3-5-7-18/h3-9H,10-15H2,1-2H3. The van der Waals surface area contributed by atoms with E-state index in [9.17, 15) is 4.79 Å². The molecule has 0 unspecified atom stereocenters. The van der Waals surface area contributed by atoms with Crippen molar-refractivity contribution in [2.75, 3.05) is 26.2 Å². The van der Waals surface area contributed by atoms with Crippen LogP contribution in [0, 0.1) is 13.8 Å². The highest BCUT2D eigenvalue weighted by Crippen LogP contribution is 2.19. The van der Waals surface area contributed by atoms with Gasteiger partial charge in [0.15, 0.2) is 0 Å². The zero-order valence-corrected chi connectivity index (χ0v) is 18.3. The van der Waals surface area contributed by atoms with Crippen LogP contribution < -0.4 is 0 Å². The minimum absolute atomic E-state index is 0.00217. The van der Waals surface area contributed by atoms with Crippen LogP contribution in [-0.2, 0) is 13.2 Å². The number of rotatable bonds is 5. The van der Waals surface area contributed by atoms with E-state index in [1.54, 1.807) is 10.7 Å². The van der Waals surface area contributed by atoms with Crippen molar-refractivity contribution in [3.8, 4) is 0 Å². The van der Waals surface area contributed by atoms with Crippen LogP contribution in [0.25, 0.3) is 0 Å². The van der Waals surface area contributed by atoms with Gasteiger partial charge in [-0.3, -0.25) is 14.4 Å². The van der Waals surface area contributed by atoms with E-state index in [4.69, 9.17) is 0 Å². The topological polar surface area (TPSA) is 59.2 Å². The van der Waals surface area contributed by atoms with E-state index in [0.717, 1.165) is 48.6 Å².